The third kappa shape index (κ3) is 2.91. The van der Waals surface area contributed by atoms with Crippen molar-refractivity contribution in [2.75, 3.05) is 13.1 Å². The van der Waals surface area contributed by atoms with Crippen LogP contribution in [0.2, 0.25) is 0 Å². The van der Waals surface area contributed by atoms with E-state index in [1.54, 1.807) is 0 Å². The monoisotopic (exact) mass is 291 g/mol. The highest BCUT2D eigenvalue weighted by molar-refractivity contribution is 5.85. The first-order chi connectivity index (χ1) is 9.29. The number of alkyl halides is 3. The maximum absolute atomic E-state index is 12.3. The molecule has 0 unspecified atom stereocenters. The molecule has 6 nitrogen and oxygen atoms in total. The largest absolute Gasteiger partial charge is 0.476 e. The zero-order chi connectivity index (χ0) is 14.9. The molecule has 1 aromatic rings. The van der Waals surface area contributed by atoms with Gasteiger partial charge in [0.1, 0.15) is 0 Å². The minimum Gasteiger partial charge on any atom is -0.476 e. The van der Waals surface area contributed by atoms with Crippen molar-refractivity contribution in [1.82, 2.24) is 14.7 Å². The van der Waals surface area contributed by atoms with Gasteiger partial charge in [-0.25, -0.2) is 4.79 Å². The van der Waals surface area contributed by atoms with E-state index in [1.807, 2.05) is 0 Å². The summed E-state index contributed by atoms with van der Waals surface area (Å²) in [6, 6.07) is 1.13. The number of nitrogens with zero attached hydrogens (tertiary/aromatic N) is 3. The number of aromatic carboxylic acids is 1. The van der Waals surface area contributed by atoms with Crippen molar-refractivity contribution < 1.29 is 27.9 Å². The van der Waals surface area contributed by atoms with Crippen LogP contribution in [0.25, 0.3) is 0 Å². The van der Waals surface area contributed by atoms with Crippen LogP contribution in [0.1, 0.15) is 29.4 Å². The first-order valence-corrected chi connectivity index (χ1v) is 5.93. The fourth-order valence-electron chi connectivity index (χ4n) is 2.17. The average Bonchev–Trinajstić information content (AvgIpc) is 2.86. The number of carbonyl (C=O) groups excluding carboxylic acids is 1. The van der Waals surface area contributed by atoms with Gasteiger partial charge < -0.3 is 10.0 Å². The van der Waals surface area contributed by atoms with Gasteiger partial charge in [0.05, 0.1) is 6.04 Å². The van der Waals surface area contributed by atoms with Gasteiger partial charge in [-0.15, -0.1) is 0 Å². The molecule has 2 rings (SSSR count). The molecule has 0 saturated carbocycles. The molecule has 1 aliphatic rings. The lowest BCUT2D eigenvalue weighted by molar-refractivity contribution is -0.186. The van der Waals surface area contributed by atoms with Gasteiger partial charge in [-0.1, -0.05) is 0 Å². The molecule has 1 saturated heterocycles. The van der Waals surface area contributed by atoms with Crippen molar-refractivity contribution in [3.05, 3.63) is 18.0 Å². The summed E-state index contributed by atoms with van der Waals surface area (Å²) in [7, 11) is 0. The second kappa shape index (κ2) is 5.14. The Labute approximate surface area is 111 Å². The molecule has 0 atom stereocenters. The van der Waals surface area contributed by atoms with Crippen molar-refractivity contribution in [2.45, 2.75) is 25.1 Å². The topological polar surface area (TPSA) is 75.4 Å². The van der Waals surface area contributed by atoms with Gasteiger partial charge in [0.2, 0.25) is 0 Å². The Morgan fingerprint density at radius 2 is 1.90 bits per heavy atom. The smallest absolute Gasteiger partial charge is 0.471 e. The fourth-order valence-corrected chi connectivity index (χ4v) is 2.17. The van der Waals surface area contributed by atoms with Crippen LogP contribution < -0.4 is 0 Å². The van der Waals surface area contributed by atoms with E-state index < -0.39 is 18.1 Å². The molecule has 1 amide bonds. The normalized spacial score (nSPS) is 17.2. The second-order valence-electron chi connectivity index (χ2n) is 4.51. The van der Waals surface area contributed by atoms with Gasteiger partial charge in [0.15, 0.2) is 5.69 Å². The van der Waals surface area contributed by atoms with Gasteiger partial charge in [-0.05, 0) is 18.9 Å². The summed E-state index contributed by atoms with van der Waals surface area (Å²) in [5.74, 6) is -2.99. The Morgan fingerprint density at radius 3 is 2.35 bits per heavy atom. The zero-order valence-corrected chi connectivity index (χ0v) is 10.3. The number of hydrogen-bond donors (Lipinski definition) is 1. The minimum atomic E-state index is -4.85. The number of piperidine rings is 1. The fraction of sp³-hybridized carbons (Fsp3) is 0.545. The van der Waals surface area contributed by atoms with Crippen molar-refractivity contribution in [1.29, 1.82) is 0 Å². The van der Waals surface area contributed by atoms with E-state index in [2.05, 4.69) is 5.10 Å². The van der Waals surface area contributed by atoms with Gasteiger partial charge in [0, 0.05) is 19.3 Å². The Bertz CT molecular complexity index is 518. The van der Waals surface area contributed by atoms with Crippen molar-refractivity contribution in [3.63, 3.8) is 0 Å². The third-order valence-electron chi connectivity index (χ3n) is 3.20. The van der Waals surface area contributed by atoms with E-state index in [4.69, 9.17) is 5.11 Å². The van der Waals surface area contributed by atoms with Crippen LogP contribution in [0.4, 0.5) is 13.2 Å². The number of carboxylic acid groups (broad SMARTS) is 1. The molecule has 0 aliphatic carbocycles. The Morgan fingerprint density at radius 1 is 1.30 bits per heavy atom. The van der Waals surface area contributed by atoms with Crippen LogP contribution in [0.3, 0.4) is 0 Å². The zero-order valence-electron chi connectivity index (χ0n) is 10.3. The van der Waals surface area contributed by atoms with E-state index in [1.165, 1.54) is 16.9 Å². The number of amides is 1. The maximum Gasteiger partial charge on any atom is 0.471 e. The van der Waals surface area contributed by atoms with Gasteiger partial charge in [-0.3, -0.25) is 9.48 Å². The van der Waals surface area contributed by atoms with E-state index >= 15 is 0 Å². The predicted molar refractivity (Wildman–Crippen MR) is 60.1 cm³/mol. The van der Waals surface area contributed by atoms with Crippen molar-refractivity contribution in [3.8, 4) is 0 Å². The van der Waals surface area contributed by atoms with Gasteiger partial charge in [0.25, 0.3) is 0 Å². The van der Waals surface area contributed by atoms with E-state index in [-0.39, 0.29) is 24.8 Å². The van der Waals surface area contributed by atoms with E-state index in [0.29, 0.717) is 12.8 Å². The summed E-state index contributed by atoms with van der Waals surface area (Å²) in [4.78, 5) is 22.5. The molecule has 0 aromatic carbocycles. The SMILES string of the molecule is O=C(O)c1ccn(C2CCN(C(=O)C(F)(F)F)CC2)n1. The molecular formula is C11H12F3N3O3. The number of likely N-dealkylation sites (tertiary alicyclic amines) is 1. The number of carboxylic acids is 1. The number of halogens is 3. The van der Waals surface area contributed by atoms with Crippen LogP contribution >= 0.6 is 0 Å². The van der Waals surface area contributed by atoms with Crippen LogP contribution in [0.5, 0.6) is 0 Å². The van der Waals surface area contributed by atoms with Gasteiger partial charge in [-0.2, -0.15) is 18.3 Å². The second-order valence-corrected chi connectivity index (χ2v) is 4.51. The van der Waals surface area contributed by atoms with Crippen LogP contribution in [-0.4, -0.2) is 50.9 Å². The molecule has 1 aliphatic heterocycles. The minimum absolute atomic E-state index is 0.0225. The van der Waals surface area contributed by atoms with Crippen molar-refractivity contribution in [2.24, 2.45) is 0 Å². The third-order valence-corrected chi connectivity index (χ3v) is 3.20. The molecule has 0 spiro atoms. The van der Waals surface area contributed by atoms with Crippen LogP contribution in [-0.2, 0) is 4.79 Å². The van der Waals surface area contributed by atoms with Gasteiger partial charge >= 0.3 is 18.1 Å². The Balaban J connectivity index is 1.97. The van der Waals surface area contributed by atoms with E-state index in [9.17, 15) is 22.8 Å². The van der Waals surface area contributed by atoms with Crippen molar-refractivity contribution >= 4 is 11.9 Å². The Kier molecular flexibility index (Phi) is 3.69. The number of rotatable bonds is 2. The van der Waals surface area contributed by atoms with E-state index in [0.717, 1.165) is 4.90 Å². The molecular weight excluding hydrogens is 279 g/mol. The highest BCUT2D eigenvalue weighted by Gasteiger charge is 2.43. The number of carbonyl (C=O) groups is 2. The highest BCUT2D eigenvalue weighted by Crippen LogP contribution is 2.26. The highest BCUT2D eigenvalue weighted by atomic mass is 19.4. The molecule has 110 valence electrons. The molecule has 9 heteroatoms. The molecule has 0 bridgehead atoms. The summed E-state index contributed by atoms with van der Waals surface area (Å²) in [6.07, 6.45) is -2.75. The summed E-state index contributed by atoms with van der Waals surface area (Å²) >= 11 is 0. The lowest BCUT2D eigenvalue weighted by Crippen LogP contribution is -2.45. The number of hydrogen-bond acceptors (Lipinski definition) is 3. The predicted octanol–water partition coefficient (Wildman–Crippen LogP) is 1.31. The first kappa shape index (κ1) is 14.4. The summed E-state index contributed by atoms with van der Waals surface area (Å²) < 4.78 is 38.2. The molecule has 1 N–H and O–H groups in total. The maximum atomic E-state index is 12.3. The first-order valence-electron chi connectivity index (χ1n) is 5.93. The molecule has 1 fully saturated rings. The quantitative estimate of drug-likeness (QED) is 0.891. The average molecular weight is 291 g/mol. The Hall–Kier alpha value is -2.06. The molecule has 20 heavy (non-hydrogen) atoms. The number of aromatic nitrogens is 2. The molecule has 2 heterocycles. The molecule has 1 aromatic heterocycles. The standard InChI is InChI=1S/C11H12F3N3O3/c12-11(13,14)10(20)16-4-1-7(2-5-16)17-6-3-8(15-17)9(18)19/h3,6-7H,1-2,4-5H2,(H,18,19). The molecule has 0 radical (unpaired) electrons. The lowest BCUT2D eigenvalue weighted by Gasteiger charge is -2.32. The van der Waals surface area contributed by atoms with Crippen LogP contribution in [0, 0.1) is 0 Å². The summed E-state index contributed by atoms with van der Waals surface area (Å²) in [6.45, 7) is -0.0451. The van der Waals surface area contributed by atoms with Crippen LogP contribution in [0.15, 0.2) is 12.3 Å². The summed E-state index contributed by atoms with van der Waals surface area (Å²) in [5.41, 5.74) is -0.112. The summed E-state index contributed by atoms with van der Waals surface area (Å²) in [5, 5.41) is 12.6. The lowest BCUT2D eigenvalue weighted by atomic mass is 10.1.